The lowest BCUT2D eigenvalue weighted by Crippen LogP contribution is -2.29. The second kappa shape index (κ2) is 6.48. The number of hydrogen-bond acceptors (Lipinski definition) is 2. The fourth-order valence-electron chi connectivity index (χ4n) is 1.36. The van der Waals surface area contributed by atoms with Crippen LogP contribution in [0, 0.1) is 12.8 Å². The molecular weight excluding hydrogens is 224 g/mol. The molecule has 1 heterocycles. The summed E-state index contributed by atoms with van der Waals surface area (Å²) < 4.78 is 0. The van der Waals surface area contributed by atoms with Gasteiger partial charge in [-0.25, -0.2) is 0 Å². The Morgan fingerprint density at radius 2 is 2.38 bits per heavy atom. The van der Waals surface area contributed by atoms with Crippen molar-refractivity contribution in [3.63, 3.8) is 0 Å². The Morgan fingerprint density at radius 1 is 1.62 bits per heavy atom. The third-order valence-electron chi connectivity index (χ3n) is 2.44. The molecule has 16 heavy (non-hydrogen) atoms. The topological polar surface area (TPSA) is 42.0 Å². The van der Waals surface area contributed by atoms with Crippen LogP contribution in [0.15, 0.2) is 18.3 Å². The van der Waals surface area contributed by atoms with E-state index in [1.54, 1.807) is 6.20 Å². The molecule has 0 saturated heterocycles. The number of halogens is 1. The molecule has 1 aromatic heterocycles. The molecule has 0 spiro atoms. The number of aromatic nitrogens is 1. The molecule has 1 aromatic rings. The predicted octanol–water partition coefficient (Wildman–Crippen LogP) is 2.38. The fraction of sp³-hybridized carbons (Fsp3) is 0.500. The Balaban J connectivity index is 2.50. The lowest BCUT2D eigenvalue weighted by atomic mass is 10.1. The highest BCUT2D eigenvalue weighted by atomic mass is 35.5. The Bertz CT molecular complexity index is 355. The van der Waals surface area contributed by atoms with E-state index in [1.165, 1.54) is 0 Å². The average Bonchev–Trinajstić information content (AvgIpc) is 2.27. The monoisotopic (exact) mass is 240 g/mol. The van der Waals surface area contributed by atoms with E-state index in [9.17, 15) is 4.79 Å². The van der Waals surface area contributed by atoms with E-state index in [0.717, 1.165) is 12.0 Å². The third-order valence-corrected chi connectivity index (χ3v) is 2.66. The molecule has 3 nitrogen and oxygen atoms in total. The number of nitrogens with one attached hydrogen (secondary N) is 1. The zero-order valence-corrected chi connectivity index (χ0v) is 10.4. The first-order chi connectivity index (χ1) is 7.65. The number of carbonyl (C=O) groups is 1. The highest BCUT2D eigenvalue weighted by molar-refractivity contribution is 6.17. The Hall–Kier alpha value is -1.09. The maximum atomic E-state index is 11.8. The van der Waals surface area contributed by atoms with Crippen LogP contribution in [-0.4, -0.2) is 23.3 Å². The van der Waals surface area contributed by atoms with Gasteiger partial charge < -0.3 is 5.32 Å². The van der Waals surface area contributed by atoms with Crippen LogP contribution >= 0.6 is 11.6 Å². The van der Waals surface area contributed by atoms with Gasteiger partial charge in [-0.2, -0.15) is 0 Å². The minimum Gasteiger partial charge on any atom is -0.350 e. The molecule has 1 atom stereocenters. The highest BCUT2D eigenvalue weighted by Gasteiger charge is 2.10. The van der Waals surface area contributed by atoms with E-state index in [2.05, 4.69) is 17.2 Å². The first-order valence-corrected chi connectivity index (χ1v) is 5.94. The Morgan fingerprint density at radius 3 is 3.00 bits per heavy atom. The van der Waals surface area contributed by atoms with Gasteiger partial charge >= 0.3 is 0 Å². The minimum atomic E-state index is -0.112. The molecule has 1 N–H and O–H groups in total. The normalized spacial score (nSPS) is 12.2. The highest BCUT2D eigenvalue weighted by Crippen LogP contribution is 2.05. The summed E-state index contributed by atoms with van der Waals surface area (Å²) >= 11 is 5.63. The molecule has 0 aliphatic carbocycles. The first-order valence-electron chi connectivity index (χ1n) is 5.41. The zero-order chi connectivity index (χ0) is 12.0. The number of nitrogens with zero attached hydrogens (tertiary/aromatic N) is 1. The molecule has 0 saturated carbocycles. The van der Waals surface area contributed by atoms with Crippen molar-refractivity contribution in [2.24, 2.45) is 5.92 Å². The van der Waals surface area contributed by atoms with E-state index >= 15 is 0 Å². The molecular formula is C12H17ClN2O. The molecule has 0 fully saturated rings. The quantitative estimate of drug-likeness (QED) is 0.803. The minimum absolute atomic E-state index is 0.112. The molecule has 1 amide bonds. The van der Waals surface area contributed by atoms with E-state index in [0.29, 0.717) is 24.0 Å². The van der Waals surface area contributed by atoms with Crippen molar-refractivity contribution >= 4 is 17.5 Å². The number of hydrogen-bond donors (Lipinski definition) is 1. The van der Waals surface area contributed by atoms with E-state index in [1.807, 2.05) is 19.1 Å². The van der Waals surface area contributed by atoms with Gasteiger partial charge in [0.15, 0.2) is 0 Å². The summed E-state index contributed by atoms with van der Waals surface area (Å²) in [6, 6.07) is 3.70. The van der Waals surface area contributed by atoms with Crippen LogP contribution in [0.2, 0.25) is 0 Å². The lowest BCUT2D eigenvalue weighted by molar-refractivity contribution is 0.0942. The van der Waals surface area contributed by atoms with Gasteiger partial charge in [-0.3, -0.25) is 9.78 Å². The molecule has 88 valence electrons. The molecule has 0 radical (unpaired) electrons. The number of alkyl halides is 1. The van der Waals surface area contributed by atoms with Crippen LogP contribution in [0.3, 0.4) is 0 Å². The SMILES string of the molecule is Cc1cccnc1C(=O)NCC(C)CCCl. The van der Waals surface area contributed by atoms with Gasteiger partial charge in [0, 0.05) is 18.6 Å². The smallest absolute Gasteiger partial charge is 0.270 e. The standard InChI is InChI=1S/C12H17ClN2O/c1-9(5-6-13)8-15-12(16)11-10(2)4-3-7-14-11/h3-4,7,9H,5-6,8H2,1-2H3,(H,15,16). The van der Waals surface area contributed by atoms with Crippen molar-refractivity contribution in [2.45, 2.75) is 20.3 Å². The zero-order valence-electron chi connectivity index (χ0n) is 9.66. The summed E-state index contributed by atoms with van der Waals surface area (Å²) in [5, 5.41) is 2.86. The van der Waals surface area contributed by atoms with Gasteiger partial charge in [-0.05, 0) is 30.9 Å². The number of pyridine rings is 1. The Kier molecular flexibility index (Phi) is 5.26. The van der Waals surface area contributed by atoms with Gasteiger partial charge in [0.05, 0.1) is 0 Å². The largest absolute Gasteiger partial charge is 0.350 e. The van der Waals surface area contributed by atoms with Crippen molar-refractivity contribution in [1.82, 2.24) is 10.3 Å². The van der Waals surface area contributed by atoms with Crippen LogP contribution in [0.25, 0.3) is 0 Å². The third kappa shape index (κ3) is 3.81. The summed E-state index contributed by atoms with van der Waals surface area (Å²) in [5.41, 5.74) is 1.39. The van der Waals surface area contributed by atoms with Crippen molar-refractivity contribution in [2.75, 3.05) is 12.4 Å². The van der Waals surface area contributed by atoms with Crippen molar-refractivity contribution in [3.8, 4) is 0 Å². The fourth-order valence-corrected chi connectivity index (χ4v) is 1.73. The van der Waals surface area contributed by atoms with E-state index < -0.39 is 0 Å². The van der Waals surface area contributed by atoms with Crippen molar-refractivity contribution in [3.05, 3.63) is 29.6 Å². The summed E-state index contributed by atoms with van der Waals surface area (Å²) in [6.07, 6.45) is 2.53. The number of amides is 1. The number of rotatable bonds is 5. The van der Waals surface area contributed by atoms with Crippen LogP contribution in [-0.2, 0) is 0 Å². The predicted molar refractivity (Wildman–Crippen MR) is 65.8 cm³/mol. The van der Waals surface area contributed by atoms with Crippen LogP contribution < -0.4 is 5.32 Å². The maximum absolute atomic E-state index is 11.8. The molecule has 1 unspecified atom stereocenters. The summed E-state index contributed by atoms with van der Waals surface area (Å²) in [6.45, 7) is 4.58. The summed E-state index contributed by atoms with van der Waals surface area (Å²) in [5.74, 6) is 0.907. The lowest BCUT2D eigenvalue weighted by Gasteiger charge is -2.11. The van der Waals surface area contributed by atoms with Crippen LogP contribution in [0.4, 0.5) is 0 Å². The second-order valence-corrected chi connectivity index (χ2v) is 4.34. The van der Waals surface area contributed by atoms with Gasteiger partial charge in [0.1, 0.15) is 5.69 Å². The van der Waals surface area contributed by atoms with Gasteiger partial charge in [-0.1, -0.05) is 13.0 Å². The molecule has 4 heteroatoms. The summed E-state index contributed by atoms with van der Waals surface area (Å²) in [4.78, 5) is 15.8. The molecule has 1 rings (SSSR count). The number of aryl methyl sites for hydroxylation is 1. The van der Waals surface area contributed by atoms with E-state index in [-0.39, 0.29) is 5.91 Å². The summed E-state index contributed by atoms with van der Waals surface area (Å²) in [7, 11) is 0. The van der Waals surface area contributed by atoms with Crippen molar-refractivity contribution in [1.29, 1.82) is 0 Å². The van der Waals surface area contributed by atoms with Gasteiger partial charge in [-0.15, -0.1) is 11.6 Å². The van der Waals surface area contributed by atoms with Crippen molar-refractivity contribution < 1.29 is 4.79 Å². The second-order valence-electron chi connectivity index (χ2n) is 3.96. The van der Waals surface area contributed by atoms with Gasteiger partial charge in [0.25, 0.3) is 5.91 Å². The molecule has 0 aromatic carbocycles. The molecule has 0 aliphatic rings. The van der Waals surface area contributed by atoms with Crippen LogP contribution in [0.1, 0.15) is 29.4 Å². The molecule has 0 aliphatic heterocycles. The average molecular weight is 241 g/mol. The first kappa shape index (κ1) is 13.0. The van der Waals surface area contributed by atoms with E-state index in [4.69, 9.17) is 11.6 Å². The maximum Gasteiger partial charge on any atom is 0.270 e. The van der Waals surface area contributed by atoms with Gasteiger partial charge in [0.2, 0.25) is 0 Å². The molecule has 0 bridgehead atoms. The van der Waals surface area contributed by atoms with Crippen LogP contribution in [0.5, 0.6) is 0 Å². The number of carbonyl (C=O) groups excluding carboxylic acids is 1. The Labute approximate surface area is 101 Å².